The monoisotopic (exact) mass is 413 g/mol. The smallest absolute Gasteiger partial charge is 0.252 e. The molecule has 5 nitrogen and oxygen atoms in total. The summed E-state index contributed by atoms with van der Waals surface area (Å²) in [4.78, 5) is 28.9. The number of hydrogen-bond acceptors (Lipinski definition) is 4. The zero-order valence-electron chi connectivity index (χ0n) is 17.3. The topological polar surface area (TPSA) is 61.4 Å². The van der Waals surface area contributed by atoms with Gasteiger partial charge in [-0.3, -0.25) is 9.59 Å². The molecule has 1 unspecified atom stereocenters. The second kappa shape index (κ2) is 10.4. The molecular weight excluding hydrogens is 382 g/mol. The third-order valence-electron chi connectivity index (χ3n) is 5.57. The van der Waals surface area contributed by atoms with E-state index in [1.165, 1.54) is 17.8 Å². The maximum atomic E-state index is 13.0. The third-order valence-corrected chi connectivity index (χ3v) is 6.51. The van der Waals surface area contributed by atoms with Crippen LogP contribution in [0.3, 0.4) is 0 Å². The second-order valence-electron chi connectivity index (χ2n) is 7.48. The summed E-state index contributed by atoms with van der Waals surface area (Å²) in [7, 11) is 0. The molecule has 3 rings (SSSR count). The number of nitrogens with one attached hydrogen (secondary N) is 2. The highest BCUT2D eigenvalue weighted by Crippen LogP contribution is 2.23. The average Bonchev–Trinajstić information content (AvgIpc) is 3.28. The minimum Gasteiger partial charge on any atom is -0.372 e. The summed E-state index contributed by atoms with van der Waals surface area (Å²) in [6.07, 6.45) is 5.58. The third kappa shape index (κ3) is 5.60. The first-order chi connectivity index (χ1) is 14.1. The first kappa shape index (κ1) is 21.4. The molecule has 0 radical (unpaired) electrons. The van der Waals surface area contributed by atoms with Gasteiger partial charge in [0.25, 0.3) is 5.91 Å². The van der Waals surface area contributed by atoms with Crippen LogP contribution < -0.4 is 15.5 Å². The molecule has 156 valence electrons. The van der Waals surface area contributed by atoms with Crippen LogP contribution >= 0.6 is 11.3 Å². The van der Waals surface area contributed by atoms with E-state index >= 15 is 0 Å². The summed E-state index contributed by atoms with van der Waals surface area (Å²) in [6.45, 7) is 6.06. The fourth-order valence-corrected chi connectivity index (χ4v) is 4.65. The molecule has 1 aliphatic rings. The zero-order valence-corrected chi connectivity index (χ0v) is 18.1. The Morgan fingerprint density at radius 2 is 1.76 bits per heavy atom. The number of thiophene rings is 1. The van der Waals surface area contributed by atoms with Crippen LogP contribution in [-0.4, -0.2) is 30.9 Å². The van der Waals surface area contributed by atoms with E-state index < -0.39 is 6.04 Å². The summed E-state index contributed by atoms with van der Waals surface area (Å²) in [6, 6.07) is 10.9. The SMILES string of the molecule is CCN(CC)c1ccc(C(=O)NC(C(=O)NC2CCCCC2)c2cccs2)cc1. The lowest BCUT2D eigenvalue weighted by Crippen LogP contribution is -2.44. The quantitative estimate of drug-likeness (QED) is 0.669. The van der Waals surface area contributed by atoms with Crippen LogP contribution in [0.4, 0.5) is 5.69 Å². The van der Waals surface area contributed by atoms with Gasteiger partial charge >= 0.3 is 0 Å². The van der Waals surface area contributed by atoms with Gasteiger partial charge in [-0.1, -0.05) is 25.3 Å². The van der Waals surface area contributed by atoms with Crippen molar-refractivity contribution in [2.75, 3.05) is 18.0 Å². The molecular formula is C23H31N3O2S. The highest BCUT2D eigenvalue weighted by atomic mass is 32.1. The number of amides is 2. The Morgan fingerprint density at radius 3 is 2.34 bits per heavy atom. The lowest BCUT2D eigenvalue weighted by Gasteiger charge is -2.26. The normalized spacial score (nSPS) is 15.5. The van der Waals surface area contributed by atoms with Crippen molar-refractivity contribution in [1.29, 1.82) is 0 Å². The standard InChI is InChI=1S/C23H31N3O2S/c1-3-26(4-2)19-14-12-17(13-15-19)22(27)25-21(20-11-8-16-29-20)23(28)24-18-9-6-5-7-10-18/h8,11-16,18,21H,3-7,9-10H2,1-2H3,(H,24,28)(H,25,27). The maximum Gasteiger partial charge on any atom is 0.252 e. The summed E-state index contributed by atoms with van der Waals surface area (Å²) in [5, 5.41) is 8.03. The number of anilines is 1. The van der Waals surface area contributed by atoms with Crippen molar-refractivity contribution in [2.45, 2.75) is 58.0 Å². The predicted molar refractivity (Wildman–Crippen MR) is 120 cm³/mol. The number of carbonyl (C=O) groups excluding carboxylic acids is 2. The van der Waals surface area contributed by atoms with E-state index in [9.17, 15) is 9.59 Å². The molecule has 1 atom stereocenters. The Balaban J connectivity index is 1.70. The van der Waals surface area contributed by atoms with Gasteiger partial charge in [-0.15, -0.1) is 11.3 Å². The van der Waals surface area contributed by atoms with E-state index in [1.54, 1.807) is 0 Å². The fraction of sp³-hybridized carbons (Fsp3) is 0.478. The fourth-order valence-electron chi connectivity index (χ4n) is 3.88. The van der Waals surface area contributed by atoms with Gasteiger partial charge < -0.3 is 15.5 Å². The molecule has 0 spiro atoms. The lowest BCUT2D eigenvalue weighted by atomic mass is 9.95. The average molecular weight is 414 g/mol. The molecule has 2 N–H and O–H groups in total. The van der Waals surface area contributed by atoms with Crippen molar-refractivity contribution in [3.63, 3.8) is 0 Å². The van der Waals surface area contributed by atoms with Gasteiger partial charge in [-0.2, -0.15) is 0 Å². The van der Waals surface area contributed by atoms with E-state index in [1.807, 2.05) is 41.8 Å². The number of hydrogen-bond donors (Lipinski definition) is 2. The van der Waals surface area contributed by atoms with Gasteiger partial charge in [-0.25, -0.2) is 0 Å². The summed E-state index contributed by atoms with van der Waals surface area (Å²) in [5.41, 5.74) is 1.66. The van der Waals surface area contributed by atoms with Crippen LogP contribution in [-0.2, 0) is 4.79 Å². The zero-order chi connectivity index (χ0) is 20.6. The Kier molecular flexibility index (Phi) is 7.69. The van der Waals surface area contributed by atoms with Crippen molar-refractivity contribution in [1.82, 2.24) is 10.6 Å². The molecule has 1 aromatic heterocycles. The summed E-state index contributed by atoms with van der Waals surface area (Å²) < 4.78 is 0. The van der Waals surface area contributed by atoms with Crippen LogP contribution in [0.2, 0.25) is 0 Å². The van der Waals surface area contributed by atoms with Crippen molar-refractivity contribution >= 4 is 28.8 Å². The molecule has 1 fully saturated rings. The number of carbonyl (C=O) groups is 2. The van der Waals surface area contributed by atoms with Crippen molar-refractivity contribution in [3.05, 3.63) is 52.2 Å². The number of benzene rings is 1. The molecule has 1 aliphatic carbocycles. The van der Waals surface area contributed by atoms with Gasteiger partial charge in [0.15, 0.2) is 0 Å². The molecule has 1 heterocycles. The predicted octanol–water partition coefficient (Wildman–Crippen LogP) is 4.51. The molecule has 6 heteroatoms. The van der Waals surface area contributed by atoms with E-state index in [0.717, 1.165) is 49.3 Å². The molecule has 0 aliphatic heterocycles. The Hall–Kier alpha value is -2.34. The molecule has 29 heavy (non-hydrogen) atoms. The van der Waals surface area contributed by atoms with Crippen molar-refractivity contribution in [3.8, 4) is 0 Å². The van der Waals surface area contributed by atoms with Gasteiger partial charge in [0, 0.05) is 35.3 Å². The first-order valence-corrected chi connectivity index (χ1v) is 11.5. The van der Waals surface area contributed by atoms with Crippen molar-refractivity contribution in [2.24, 2.45) is 0 Å². The first-order valence-electron chi connectivity index (χ1n) is 10.6. The van der Waals surface area contributed by atoms with E-state index in [0.29, 0.717) is 5.56 Å². The number of rotatable bonds is 8. The van der Waals surface area contributed by atoms with Crippen LogP contribution in [0.25, 0.3) is 0 Å². The van der Waals surface area contributed by atoms with E-state index in [2.05, 4.69) is 29.4 Å². The lowest BCUT2D eigenvalue weighted by molar-refractivity contribution is -0.124. The number of nitrogens with zero attached hydrogens (tertiary/aromatic N) is 1. The Labute approximate surface area is 177 Å². The van der Waals surface area contributed by atoms with Crippen LogP contribution in [0, 0.1) is 0 Å². The van der Waals surface area contributed by atoms with Gasteiger partial charge in [0.05, 0.1) is 0 Å². The summed E-state index contributed by atoms with van der Waals surface area (Å²) in [5.74, 6) is -0.347. The highest BCUT2D eigenvalue weighted by molar-refractivity contribution is 7.10. The van der Waals surface area contributed by atoms with Crippen LogP contribution in [0.15, 0.2) is 41.8 Å². The molecule has 1 saturated carbocycles. The largest absolute Gasteiger partial charge is 0.372 e. The highest BCUT2D eigenvalue weighted by Gasteiger charge is 2.27. The summed E-state index contributed by atoms with van der Waals surface area (Å²) >= 11 is 1.49. The minimum absolute atomic E-state index is 0.118. The van der Waals surface area contributed by atoms with Crippen molar-refractivity contribution < 1.29 is 9.59 Å². The minimum atomic E-state index is -0.660. The van der Waals surface area contributed by atoms with Crippen LogP contribution in [0.1, 0.15) is 67.2 Å². The van der Waals surface area contributed by atoms with Crippen LogP contribution in [0.5, 0.6) is 0 Å². The van der Waals surface area contributed by atoms with Gasteiger partial charge in [-0.05, 0) is 62.4 Å². The van der Waals surface area contributed by atoms with Gasteiger partial charge in [0.1, 0.15) is 6.04 Å². The van der Waals surface area contributed by atoms with E-state index in [-0.39, 0.29) is 17.9 Å². The molecule has 1 aromatic carbocycles. The van der Waals surface area contributed by atoms with E-state index in [4.69, 9.17) is 0 Å². The molecule has 2 amide bonds. The van der Waals surface area contributed by atoms with Gasteiger partial charge in [0.2, 0.25) is 5.91 Å². The Bertz CT molecular complexity index is 779. The maximum absolute atomic E-state index is 13.0. The molecule has 2 aromatic rings. The second-order valence-corrected chi connectivity index (χ2v) is 8.46. The Morgan fingerprint density at radius 1 is 1.07 bits per heavy atom. The molecule has 0 bridgehead atoms. The molecule has 0 saturated heterocycles.